The Morgan fingerprint density at radius 2 is 2.06 bits per heavy atom. The summed E-state index contributed by atoms with van der Waals surface area (Å²) in [6, 6.07) is 9.48. The summed E-state index contributed by atoms with van der Waals surface area (Å²) in [4.78, 5) is 4.63. The number of hydrogen-bond acceptors (Lipinski definition) is 3. The Balaban J connectivity index is 2.01. The average molecular weight is 248 g/mol. The molecule has 17 heavy (non-hydrogen) atoms. The van der Waals surface area contributed by atoms with Gasteiger partial charge in [-0.05, 0) is 32.8 Å². The lowest BCUT2D eigenvalue weighted by Crippen LogP contribution is -2.28. The molecule has 1 aromatic carbocycles. The first kappa shape index (κ1) is 12.5. The second-order valence-electron chi connectivity index (χ2n) is 4.70. The third-order valence-electron chi connectivity index (χ3n) is 3.03. The van der Waals surface area contributed by atoms with Crippen molar-refractivity contribution in [2.24, 2.45) is 4.99 Å². The zero-order valence-corrected chi connectivity index (χ0v) is 11.6. The number of nitrogens with zero attached hydrogens (tertiary/aromatic N) is 1. The quantitative estimate of drug-likeness (QED) is 0.866. The molecule has 92 valence electrons. The highest BCUT2D eigenvalue weighted by molar-refractivity contribution is 8.13. The molecule has 0 saturated carbocycles. The molecule has 0 saturated heterocycles. The maximum atomic E-state index is 4.63. The Bertz CT molecular complexity index is 397. The second kappa shape index (κ2) is 5.58. The van der Waals surface area contributed by atoms with Gasteiger partial charge in [-0.25, -0.2) is 0 Å². The van der Waals surface area contributed by atoms with Crippen LogP contribution in [-0.2, 0) is 0 Å². The van der Waals surface area contributed by atoms with Crippen LogP contribution in [0, 0.1) is 6.92 Å². The molecule has 0 aliphatic carbocycles. The van der Waals surface area contributed by atoms with E-state index in [2.05, 4.69) is 55.3 Å². The van der Waals surface area contributed by atoms with Crippen LogP contribution < -0.4 is 5.32 Å². The van der Waals surface area contributed by atoms with Crippen molar-refractivity contribution >= 4 is 16.9 Å². The van der Waals surface area contributed by atoms with Crippen LogP contribution in [0.15, 0.2) is 29.3 Å². The first-order chi connectivity index (χ1) is 8.15. The largest absolute Gasteiger partial charge is 0.358 e. The second-order valence-corrected chi connectivity index (χ2v) is 5.78. The molecule has 2 atom stereocenters. The molecular weight excluding hydrogens is 228 g/mol. The maximum Gasteiger partial charge on any atom is 0.157 e. The van der Waals surface area contributed by atoms with E-state index in [9.17, 15) is 0 Å². The fraction of sp³-hybridized carbons (Fsp3) is 0.500. The van der Waals surface area contributed by atoms with Crippen molar-refractivity contribution in [3.8, 4) is 0 Å². The highest BCUT2D eigenvalue weighted by atomic mass is 32.2. The molecule has 2 nitrogen and oxygen atoms in total. The number of aliphatic imine (C=N–C) groups is 1. The number of aryl methyl sites for hydroxylation is 1. The molecule has 0 aromatic heterocycles. The summed E-state index contributed by atoms with van der Waals surface area (Å²) in [5, 5.41) is 4.59. The fourth-order valence-corrected chi connectivity index (χ4v) is 3.00. The summed E-state index contributed by atoms with van der Waals surface area (Å²) in [5.74, 6) is 1.17. The van der Waals surface area contributed by atoms with E-state index >= 15 is 0 Å². The Morgan fingerprint density at radius 3 is 2.71 bits per heavy atom. The van der Waals surface area contributed by atoms with Gasteiger partial charge in [-0.1, -0.05) is 41.6 Å². The molecule has 1 heterocycles. The minimum Gasteiger partial charge on any atom is -0.358 e. The smallest absolute Gasteiger partial charge is 0.157 e. The SMILES string of the molecule is Cc1ccc(C(C)NC2=NC(C)CCS2)cc1. The van der Waals surface area contributed by atoms with E-state index in [1.807, 2.05) is 11.8 Å². The van der Waals surface area contributed by atoms with E-state index in [1.165, 1.54) is 23.3 Å². The van der Waals surface area contributed by atoms with E-state index in [0.29, 0.717) is 12.1 Å². The zero-order chi connectivity index (χ0) is 12.3. The van der Waals surface area contributed by atoms with Crippen LogP contribution in [0.4, 0.5) is 0 Å². The van der Waals surface area contributed by atoms with E-state index in [4.69, 9.17) is 0 Å². The maximum absolute atomic E-state index is 4.63. The molecule has 3 heteroatoms. The van der Waals surface area contributed by atoms with Crippen LogP contribution in [-0.4, -0.2) is 17.0 Å². The lowest BCUT2D eigenvalue weighted by molar-refractivity contribution is 0.682. The third-order valence-corrected chi connectivity index (χ3v) is 3.97. The Labute approximate surface area is 108 Å². The van der Waals surface area contributed by atoms with Crippen molar-refractivity contribution in [2.45, 2.75) is 39.3 Å². The average Bonchev–Trinajstić information content (AvgIpc) is 2.29. The van der Waals surface area contributed by atoms with Gasteiger partial charge >= 0.3 is 0 Å². The van der Waals surface area contributed by atoms with Crippen molar-refractivity contribution in [3.63, 3.8) is 0 Å². The van der Waals surface area contributed by atoms with Crippen molar-refractivity contribution in [2.75, 3.05) is 5.75 Å². The summed E-state index contributed by atoms with van der Waals surface area (Å²) in [5.41, 5.74) is 2.62. The summed E-state index contributed by atoms with van der Waals surface area (Å²) in [6.07, 6.45) is 1.19. The Kier molecular flexibility index (Phi) is 4.11. The van der Waals surface area contributed by atoms with Crippen LogP contribution in [0.25, 0.3) is 0 Å². The number of amidine groups is 1. The minimum absolute atomic E-state index is 0.326. The van der Waals surface area contributed by atoms with Gasteiger partial charge in [-0.3, -0.25) is 4.99 Å². The van der Waals surface area contributed by atoms with Crippen molar-refractivity contribution in [1.82, 2.24) is 5.32 Å². The number of thioether (sulfide) groups is 1. The summed E-state index contributed by atoms with van der Waals surface area (Å²) >= 11 is 1.83. The summed E-state index contributed by atoms with van der Waals surface area (Å²) in [6.45, 7) is 6.48. The van der Waals surface area contributed by atoms with Gasteiger partial charge in [0.1, 0.15) is 0 Å². The standard InChI is InChI=1S/C14H20N2S/c1-10-4-6-13(7-5-10)12(3)16-14-15-11(2)8-9-17-14/h4-7,11-12H,8-9H2,1-3H3,(H,15,16). The topological polar surface area (TPSA) is 24.4 Å². The van der Waals surface area contributed by atoms with Gasteiger partial charge in [-0.2, -0.15) is 0 Å². The van der Waals surface area contributed by atoms with Gasteiger partial charge in [0.15, 0.2) is 5.17 Å². The molecule has 0 spiro atoms. The fourth-order valence-electron chi connectivity index (χ4n) is 1.83. The van der Waals surface area contributed by atoms with E-state index < -0.39 is 0 Å². The van der Waals surface area contributed by atoms with Gasteiger partial charge in [0, 0.05) is 5.75 Å². The lowest BCUT2D eigenvalue weighted by atomic mass is 10.1. The predicted molar refractivity (Wildman–Crippen MR) is 76.7 cm³/mol. The molecule has 2 unspecified atom stereocenters. The Morgan fingerprint density at radius 1 is 1.35 bits per heavy atom. The monoisotopic (exact) mass is 248 g/mol. The highest BCUT2D eigenvalue weighted by Crippen LogP contribution is 2.19. The molecule has 0 fully saturated rings. The number of rotatable bonds is 2. The molecule has 1 aromatic rings. The van der Waals surface area contributed by atoms with Crippen molar-refractivity contribution < 1.29 is 0 Å². The molecule has 0 bridgehead atoms. The van der Waals surface area contributed by atoms with E-state index in [1.54, 1.807) is 0 Å². The van der Waals surface area contributed by atoms with Crippen molar-refractivity contribution in [1.29, 1.82) is 0 Å². The molecule has 1 aliphatic rings. The molecule has 2 rings (SSSR count). The number of hydrogen-bond donors (Lipinski definition) is 1. The highest BCUT2D eigenvalue weighted by Gasteiger charge is 2.14. The van der Waals surface area contributed by atoms with Crippen molar-refractivity contribution in [3.05, 3.63) is 35.4 Å². The molecule has 0 amide bonds. The molecule has 1 aliphatic heterocycles. The molecule has 0 radical (unpaired) electrons. The van der Waals surface area contributed by atoms with Crippen LogP contribution in [0.3, 0.4) is 0 Å². The normalized spacial score (nSPS) is 21.8. The van der Waals surface area contributed by atoms with Crippen LogP contribution in [0.2, 0.25) is 0 Å². The number of nitrogens with one attached hydrogen (secondary N) is 1. The van der Waals surface area contributed by atoms with Crippen LogP contribution >= 0.6 is 11.8 Å². The molecular formula is C14H20N2S. The summed E-state index contributed by atoms with van der Waals surface area (Å²) < 4.78 is 0. The van der Waals surface area contributed by atoms with Gasteiger partial charge in [0.2, 0.25) is 0 Å². The summed E-state index contributed by atoms with van der Waals surface area (Å²) in [7, 11) is 0. The van der Waals surface area contributed by atoms with Gasteiger partial charge in [-0.15, -0.1) is 0 Å². The predicted octanol–water partition coefficient (Wildman–Crippen LogP) is 3.53. The van der Waals surface area contributed by atoms with Crippen LogP contribution in [0.1, 0.15) is 37.4 Å². The lowest BCUT2D eigenvalue weighted by Gasteiger charge is -2.21. The van der Waals surface area contributed by atoms with Gasteiger partial charge in [0.05, 0.1) is 12.1 Å². The van der Waals surface area contributed by atoms with Gasteiger partial charge < -0.3 is 5.32 Å². The minimum atomic E-state index is 0.326. The number of benzene rings is 1. The molecule has 1 N–H and O–H groups in total. The van der Waals surface area contributed by atoms with E-state index in [0.717, 1.165) is 5.17 Å². The zero-order valence-electron chi connectivity index (χ0n) is 10.7. The first-order valence-electron chi connectivity index (χ1n) is 6.19. The van der Waals surface area contributed by atoms with Crippen LogP contribution in [0.5, 0.6) is 0 Å². The Hall–Kier alpha value is -0.960. The first-order valence-corrected chi connectivity index (χ1v) is 7.17. The third kappa shape index (κ3) is 3.50. The van der Waals surface area contributed by atoms with Gasteiger partial charge in [0.25, 0.3) is 0 Å². The van der Waals surface area contributed by atoms with E-state index in [-0.39, 0.29) is 0 Å².